The molecule has 22 heavy (non-hydrogen) atoms. The Bertz CT molecular complexity index is 566. The molecule has 0 spiro atoms. The summed E-state index contributed by atoms with van der Waals surface area (Å²) >= 11 is 1.67. The van der Waals surface area contributed by atoms with Crippen molar-refractivity contribution >= 4 is 29.3 Å². The van der Waals surface area contributed by atoms with E-state index in [0.29, 0.717) is 12.0 Å². The molecule has 2 aliphatic rings. The van der Waals surface area contributed by atoms with Crippen LogP contribution in [0.15, 0.2) is 23.1 Å². The molecule has 1 saturated heterocycles. The van der Waals surface area contributed by atoms with Crippen molar-refractivity contribution in [2.75, 3.05) is 24.2 Å². The first-order valence-corrected chi connectivity index (χ1v) is 9.08. The highest BCUT2D eigenvalue weighted by Gasteiger charge is 2.19. The van der Waals surface area contributed by atoms with Crippen LogP contribution in [-0.2, 0) is 4.79 Å². The van der Waals surface area contributed by atoms with E-state index in [-0.39, 0.29) is 11.8 Å². The van der Waals surface area contributed by atoms with E-state index in [1.165, 1.54) is 19.3 Å². The van der Waals surface area contributed by atoms with Gasteiger partial charge < -0.3 is 10.2 Å². The van der Waals surface area contributed by atoms with Gasteiger partial charge in [0.15, 0.2) is 0 Å². The second-order valence-electron chi connectivity index (χ2n) is 5.92. The van der Waals surface area contributed by atoms with Crippen molar-refractivity contribution in [3.63, 3.8) is 0 Å². The van der Waals surface area contributed by atoms with Gasteiger partial charge in [0, 0.05) is 35.7 Å². The van der Waals surface area contributed by atoms with Crippen LogP contribution < -0.4 is 5.32 Å². The van der Waals surface area contributed by atoms with Crippen LogP contribution in [0.5, 0.6) is 0 Å². The highest BCUT2D eigenvalue weighted by molar-refractivity contribution is 7.99. The van der Waals surface area contributed by atoms with Crippen LogP contribution in [0.3, 0.4) is 0 Å². The Morgan fingerprint density at radius 1 is 1.09 bits per heavy atom. The summed E-state index contributed by atoms with van der Waals surface area (Å²) in [6.07, 6.45) is 6.40. The van der Waals surface area contributed by atoms with Crippen LogP contribution in [-0.4, -0.2) is 35.6 Å². The van der Waals surface area contributed by atoms with Gasteiger partial charge in [-0.25, -0.2) is 0 Å². The normalized spacial score (nSPS) is 19.5. The number of nitrogens with zero attached hydrogens (tertiary/aromatic N) is 1. The SMILES string of the molecule is O=C1CCSc2ccc(C(=O)N3CCCCCCC3)cc2N1. The lowest BCUT2D eigenvalue weighted by molar-refractivity contribution is -0.115. The predicted molar refractivity (Wildman–Crippen MR) is 89.4 cm³/mol. The summed E-state index contributed by atoms with van der Waals surface area (Å²) in [7, 11) is 0. The summed E-state index contributed by atoms with van der Waals surface area (Å²) in [5.74, 6) is 0.911. The quantitative estimate of drug-likeness (QED) is 0.862. The molecule has 2 amide bonds. The Kier molecular flexibility index (Phi) is 5.03. The lowest BCUT2D eigenvalue weighted by Gasteiger charge is -2.25. The largest absolute Gasteiger partial charge is 0.339 e. The Labute approximate surface area is 135 Å². The second kappa shape index (κ2) is 7.18. The van der Waals surface area contributed by atoms with E-state index in [4.69, 9.17) is 0 Å². The van der Waals surface area contributed by atoms with E-state index in [1.54, 1.807) is 11.8 Å². The third kappa shape index (κ3) is 3.64. The van der Waals surface area contributed by atoms with Gasteiger partial charge >= 0.3 is 0 Å². The van der Waals surface area contributed by atoms with Gasteiger partial charge in [0.1, 0.15) is 0 Å². The maximum atomic E-state index is 12.7. The standard InChI is InChI=1S/C17H22N2O2S/c20-16-8-11-22-15-7-6-13(12-14(15)18-16)17(21)19-9-4-2-1-3-5-10-19/h6-7,12H,1-5,8-11H2,(H,18,20). The first-order chi connectivity index (χ1) is 10.7. The summed E-state index contributed by atoms with van der Waals surface area (Å²) in [6.45, 7) is 1.69. The van der Waals surface area contributed by atoms with E-state index in [0.717, 1.165) is 42.3 Å². The van der Waals surface area contributed by atoms with Gasteiger partial charge in [-0.2, -0.15) is 0 Å². The van der Waals surface area contributed by atoms with E-state index >= 15 is 0 Å². The zero-order valence-electron chi connectivity index (χ0n) is 12.8. The third-order valence-electron chi connectivity index (χ3n) is 4.23. The third-order valence-corrected chi connectivity index (χ3v) is 5.31. The number of likely N-dealkylation sites (tertiary alicyclic amines) is 1. The van der Waals surface area contributed by atoms with Crippen LogP contribution in [0.25, 0.3) is 0 Å². The number of carbonyl (C=O) groups excluding carboxylic acids is 2. The van der Waals surface area contributed by atoms with Crippen LogP contribution in [0.2, 0.25) is 0 Å². The van der Waals surface area contributed by atoms with E-state index in [1.807, 2.05) is 23.1 Å². The van der Waals surface area contributed by atoms with E-state index in [9.17, 15) is 9.59 Å². The van der Waals surface area contributed by atoms with E-state index in [2.05, 4.69) is 5.32 Å². The zero-order chi connectivity index (χ0) is 15.4. The molecule has 0 unspecified atom stereocenters. The number of benzene rings is 1. The molecular weight excluding hydrogens is 296 g/mol. The summed E-state index contributed by atoms with van der Waals surface area (Å²) in [5.41, 5.74) is 1.47. The van der Waals surface area contributed by atoms with Crippen molar-refractivity contribution in [3.8, 4) is 0 Å². The van der Waals surface area contributed by atoms with E-state index < -0.39 is 0 Å². The van der Waals surface area contributed by atoms with Crippen LogP contribution >= 0.6 is 11.8 Å². The Hall–Kier alpha value is -1.49. The fourth-order valence-electron chi connectivity index (χ4n) is 2.99. The molecule has 5 heteroatoms. The number of nitrogens with one attached hydrogen (secondary N) is 1. The first-order valence-electron chi connectivity index (χ1n) is 8.10. The number of fused-ring (bicyclic) bond motifs is 1. The lowest BCUT2D eigenvalue weighted by atomic mass is 10.1. The topological polar surface area (TPSA) is 49.4 Å². The zero-order valence-corrected chi connectivity index (χ0v) is 13.6. The van der Waals surface area contributed by atoms with Gasteiger partial charge in [-0.05, 0) is 31.0 Å². The molecule has 3 rings (SSSR count). The molecule has 2 aliphatic heterocycles. The van der Waals surface area contributed by atoms with Gasteiger partial charge in [0.05, 0.1) is 5.69 Å². The number of rotatable bonds is 1. The highest BCUT2D eigenvalue weighted by atomic mass is 32.2. The smallest absolute Gasteiger partial charge is 0.253 e. The number of thioether (sulfide) groups is 1. The number of hydrogen-bond donors (Lipinski definition) is 1. The van der Waals surface area contributed by atoms with Crippen molar-refractivity contribution in [2.45, 2.75) is 43.4 Å². The van der Waals surface area contributed by atoms with Gasteiger partial charge in [-0.15, -0.1) is 11.8 Å². The predicted octanol–water partition coefficient (Wildman–Crippen LogP) is 3.53. The van der Waals surface area contributed by atoms with Crippen molar-refractivity contribution in [3.05, 3.63) is 23.8 Å². The van der Waals surface area contributed by atoms with Gasteiger partial charge in [-0.3, -0.25) is 9.59 Å². The van der Waals surface area contributed by atoms with Crippen LogP contribution in [0, 0.1) is 0 Å². The molecule has 0 saturated carbocycles. The molecule has 1 aromatic carbocycles. The molecule has 118 valence electrons. The maximum Gasteiger partial charge on any atom is 0.253 e. The fraction of sp³-hybridized carbons (Fsp3) is 0.529. The summed E-state index contributed by atoms with van der Waals surface area (Å²) in [6, 6.07) is 5.69. The molecule has 0 radical (unpaired) electrons. The highest BCUT2D eigenvalue weighted by Crippen LogP contribution is 2.31. The summed E-state index contributed by atoms with van der Waals surface area (Å²) < 4.78 is 0. The molecule has 1 fully saturated rings. The fourth-order valence-corrected chi connectivity index (χ4v) is 3.92. The minimum Gasteiger partial charge on any atom is -0.339 e. The molecule has 0 aromatic heterocycles. The lowest BCUT2D eigenvalue weighted by Crippen LogP contribution is -2.33. The van der Waals surface area contributed by atoms with Gasteiger partial charge in [0.2, 0.25) is 5.91 Å². The minimum absolute atomic E-state index is 0.0297. The van der Waals surface area contributed by atoms with Crippen molar-refractivity contribution in [1.29, 1.82) is 0 Å². The van der Waals surface area contributed by atoms with Gasteiger partial charge in [-0.1, -0.05) is 19.3 Å². The average Bonchev–Trinajstić information content (AvgIpc) is 2.66. The molecular formula is C17H22N2O2S. The number of amides is 2. The van der Waals surface area contributed by atoms with Gasteiger partial charge in [0.25, 0.3) is 5.91 Å². The van der Waals surface area contributed by atoms with Crippen LogP contribution in [0.1, 0.15) is 48.9 Å². The van der Waals surface area contributed by atoms with Crippen molar-refractivity contribution < 1.29 is 9.59 Å². The molecule has 4 nitrogen and oxygen atoms in total. The van der Waals surface area contributed by atoms with Crippen LogP contribution in [0.4, 0.5) is 5.69 Å². The monoisotopic (exact) mass is 318 g/mol. The molecule has 0 bridgehead atoms. The maximum absolute atomic E-state index is 12.7. The number of carbonyl (C=O) groups is 2. The van der Waals surface area contributed by atoms with Crippen molar-refractivity contribution in [2.24, 2.45) is 0 Å². The summed E-state index contributed by atoms with van der Waals surface area (Å²) in [4.78, 5) is 27.4. The summed E-state index contributed by atoms with van der Waals surface area (Å²) in [5, 5.41) is 2.91. The molecule has 0 atom stereocenters. The minimum atomic E-state index is 0.0297. The first kappa shape index (κ1) is 15.4. The second-order valence-corrected chi connectivity index (χ2v) is 7.05. The Balaban J connectivity index is 1.78. The average molecular weight is 318 g/mol. The molecule has 2 heterocycles. The molecule has 1 N–H and O–H groups in total. The van der Waals surface area contributed by atoms with Crippen molar-refractivity contribution in [1.82, 2.24) is 4.90 Å². The molecule has 0 aliphatic carbocycles. The molecule has 1 aromatic rings. The number of hydrogen-bond acceptors (Lipinski definition) is 3. The Morgan fingerprint density at radius 2 is 1.82 bits per heavy atom. The number of anilines is 1. The Morgan fingerprint density at radius 3 is 2.59 bits per heavy atom.